The minimum absolute atomic E-state index is 0.479. The molecule has 0 radical (unpaired) electrons. The van der Waals surface area contributed by atoms with Gasteiger partial charge in [-0.2, -0.15) is 4.31 Å². The van der Waals surface area contributed by atoms with Gasteiger partial charge < -0.3 is 5.32 Å². The molecule has 120 valence electrons. The van der Waals surface area contributed by atoms with Crippen molar-refractivity contribution >= 4 is 21.4 Å². The molecule has 0 aliphatic heterocycles. The van der Waals surface area contributed by atoms with Crippen molar-refractivity contribution in [1.29, 1.82) is 0 Å². The molecule has 1 aromatic rings. The number of hydrogen-bond acceptors (Lipinski definition) is 4. The largest absolute Gasteiger partial charge is 0.319 e. The third-order valence-electron chi connectivity index (χ3n) is 4.16. The van der Waals surface area contributed by atoms with E-state index in [2.05, 4.69) is 5.32 Å². The number of hydrogen-bond donors (Lipinski definition) is 1. The molecule has 0 spiro atoms. The molecule has 1 aromatic heterocycles. The molecule has 6 heteroatoms. The summed E-state index contributed by atoms with van der Waals surface area (Å²) in [5.41, 5.74) is 0. The Morgan fingerprint density at radius 1 is 1.29 bits per heavy atom. The van der Waals surface area contributed by atoms with Gasteiger partial charge in [-0.15, -0.1) is 11.3 Å². The van der Waals surface area contributed by atoms with Crippen LogP contribution in [0.1, 0.15) is 37.0 Å². The number of nitrogens with one attached hydrogen (secondary N) is 1. The van der Waals surface area contributed by atoms with Gasteiger partial charge in [-0.05, 0) is 50.9 Å². The van der Waals surface area contributed by atoms with Gasteiger partial charge in [-0.1, -0.05) is 19.3 Å². The summed E-state index contributed by atoms with van der Waals surface area (Å²) in [5.74, 6) is 0.530. The summed E-state index contributed by atoms with van der Waals surface area (Å²) in [6, 6.07) is 3.69. The fraction of sp³-hybridized carbons (Fsp3) is 0.733. The zero-order valence-electron chi connectivity index (χ0n) is 13.0. The summed E-state index contributed by atoms with van der Waals surface area (Å²) in [5, 5.41) is 3.09. The number of nitrogens with zero attached hydrogens (tertiary/aromatic N) is 1. The number of sulfonamides is 1. The Balaban J connectivity index is 2.00. The van der Waals surface area contributed by atoms with Crippen LogP contribution in [0.5, 0.6) is 0 Å². The number of thiophene rings is 1. The summed E-state index contributed by atoms with van der Waals surface area (Å²) in [6.45, 7) is 1.53. The average molecular weight is 331 g/mol. The van der Waals surface area contributed by atoms with Crippen molar-refractivity contribution < 1.29 is 8.42 Å². The Hall–Kier alpha value is -0.430. The van der Waals surface area contributed by atoms with Gasteiger partial charge in [0, 0.05) is 18.5 Å². The van der Waals surface area contributed by atoms with E-state index in [9.17, 15) is 8.42 Å². The molecule has 1 heterocycles. The van der Waals surface area contributed by atoms with Crippen LogP contribution in [0.25, 0.3) is 0 Å². The topological polar surface area (TPSA) is 49.4 Å². The molecule has 0 bridgehead atoms. The molecule has 1 fully saturated rings. The normalized spacial score (nSPS) is 17.5. The first-order chi connectivity index (χ1) is 10.0. The number of rotatable bonds is 7. The van der Waals surface area contributed by atoms with Crippen molar-refractivity contribution in [2.45, 2.75) is 42.7 Å². The SMILES string of the molecule is CNCCc1ccc(S(=O)(=O)N(C)CC2CCCCC2)s1. The summed E-state index contributed by atoms with van der Waals surface area (Å²) in [6.07, 6.45) is 6.99. The van der Waals surface area contributed by atoms with Gasteiger partial charge in [-0.25, -0.2) is 8.42 Å². The van der Waals surface area contributed by atoms with Crippen molar-refractivity contribution in [1.82, 2.24) is 9.62 Å². The Labute approximate surface area is 132 Å². The minimum atomic E-state index is -3.31. The quantitative estimate of drug-likeness (QED) is 0.836. The molecule has 0 atom stereocenters. The Morgan fingerprint density at radius 3 is 2.67 bits per heavy atom. The van der Waals surface area contributed by atoms with E-state index in [1.807, 2.05) is 13.1 Å². The third-order valence-corrected chi connectivity index (χ3v) is 7.60. The summed E-state index contributed by atoms with van der Waals surface area (Å²) in [4.78, 5) is 1.12. The van der Waals surface area contributed by atoms with Gasteiger partial charge in [0.2, 0.25) is 0 Å². The predicted molar refractivity (Wildman–Crippen MR) is 88.3 cm³/mol. The smallest absolute Gasteiger partial charge is 0.252 e. The highest BCUT2D eigenvalue weighted by Gasteiger charge is 2.26. The van der Waals surface area contributed by atoms with Gasteiger partial charge in [0.25, 0.3) is 10.0 Å². The fourth-order valence-corrected chi connectivity index (χ4v) is 5.68. The lowest BCUT2D eigenvalue weighted by Crippen LogP contribution is -2.32. The van der Waals surface area contributed by atoms with E-state index in [-0.39, 0.29) is 0 Å². The van der Waals surface area contributed by atoms with Crippen molar-refractivity contribution in [2.75, 3.05) is 27.2 Å². The summed E-state index contributed by atoms with van der Waals surface area (Å²) < 4.78 is 27.3. The van der Waals surface area contributed by atoms with Crippen LogP contribution >= 0.6 is 11.3 Å². The first kappa shape index (κ1) is 16.9. The zero-order valence-corrected chi connectivity index (χ0v) is 14.6. The molecule has 0 unspecified atom stereocenters. The van der Waals surface area contributed by atoms with Gasteiger partial charge >= 0.3 is 0 Å². The van der Waals surface area contributed by atoms with Crippen LogP contribution in [0.2, 0.25) is 0 Å². The van der Waals surface area contributed by atoms with Gasteiger partial charge in [-0.3, -0.25) is 0 Å². The molecule has 1 saturated carbocycles. The molecule has 4 nitrogen and oxygen atoms in total. The lowest BCUT2D eigenvalue weighted by atomic mass is 9.89. The molecule has 0 saturated heterocycles. The van der Waals surface area contributed by atoms with Crippen molar-refractivity contribution in [3.63, 3.8) is 0 Å². The first-order valence-electron chi connectivity index (χ1n) is 7.73. The molecule has 21 heavy (non-hydrogen) atoms. The highest BCUT2D eigenvalue weighted by molar-refractivity contribution is 7.91. The molecule has 1 N–H and O–H groups in total. The van der Waals surface area contributed by atoms with E-state index < -0.39 is 10.0 Å². The van der Waals surface area contributed by atoms with E-state index in [1.165, 1.54) is 30.6 Å². The Kier molecular flexibility index (Phi) is 6.22. The fourth-order valence-electron chi connectivity index (χ4n) is 2.86. The van der Waals surface area contributed by atoms with E-state index in [4.69, 9.17) is 0 Å². The minimum Gasteiger partial charge on any atom is -0.319 e. The summed E-state index contributed by atoms with van der Waals surface area (Å²) in [7, 11) is 0.314. The maximum Gasteiger partial charge on any atom is 0.252 e. The molecule has 0 aromatic carbocycles. The van der Waals surface area contributed by atoms with Gasteiger partial charge in [0.15, 0.2) is 0 Å². The van der Waals surface area contributed by atoms with Crippen molar-refractivity contribution in [3.05, 3.63) is 17.0 Å². The Morgan fingerprint density at radius 2 is 2.00 bits per heavy atom. The maximum absolute atomic E-state index is 12.6. The van der Waals surface area contributed by atoms with E-state index in [0.29, 0.717) is 16.7 Å². The zero-order chi connectivity index (χ0) is 15.3. The second-order valence-electron chi connectivity index (χ2n) is 5.86. The third kappa shape index (κ3) is 4.52. The van der Waals surface area contributed by atoms with Crippen LogP contribution in [0.3, 0.4) is 0 Å². The first-order valence-corrected chi connectivity index (χ1v) is 9.99. The lowest BCUT2D eigenvalue weighted by Gasteiger charge is -2.26. The van der Waals surface area contributed by atoms with Crippen LogP contribution in [0.4, 0.5) is 0 Å². The molecule has 2 rings (SSSR count). The maximum atomic E-state index is 12.6. The molecular weight excluding hydrogens is 304 g/mol. The van der Waals surface area contributed by atoms with Crippen LogP contribution < -0.4 is 5.32 Å². The van der Waals surface area contributed by atoms with Crippen LogP contribution in [-0.4, -0.2) is 39.9 Å². The second kappa shape index (κ2) is 7.72. The van der Waals surface area contributed by atoms with Crippen LogP contribution in [0.15, 0.2) is 16.3 Å². The highest BCUT2D eigenvalue weighted by atomic mass is 32.2. The van der Waals surface area contributed by atoms with E-state index in [0.717, 1.165) is 30.7 Å². The summed E-state index contributed by atoms with van der Waals surface area (Å²) >= 11 is 1.40. The number of likely N-dealkylation sites (N-methyl/N-ethyl adjacent to an activating group) is 1. The molecule has 0 amide bonds. The van der Waals surface area contributed by atoms with Gasteiger partial charge in [0.1, 0.15) is 4.21 Å². The van der Waals surface area contributed by atoms with Crippen LogP contribution in [0, 0.1) is 5.92 Å². The molecule has 1 aliphatic rings. The monoisotopic (exact) mass is 330 g/mol. The van der Waals surface area contributed by atoms with Gasteiger partial charge in [0.05, 0.1) is 0 Å². The molecular formula is C15H26N2O2S2. The van der Waals surface area contributed by atoms with Crippen LogP contribution in [-0.2, 0) is 16.4 Å². The predicted octanol–water partition coefficient (Wildman–Crippen LogP) is 2.71. The Bertz CT molecular complexity index is 534. The van der Waals surface area contributed by atoms with E-state index >= 15 is 0 Å². The molecule has 1 aliphatic carbocycles. The highest BCUT2D eigenvalue weighted by Crippen LogP contribution is 2.28. The van der Waals surface area contributed by atoms with Crippen molar-refractivity contribution in [2.24, 2.45) is 5.92 Å². The second-order valence-corrected chi connectivity index (χ2v) is 9.30. The van der Waals surface area contributed by atoms with E-state index in [1.54, 1.807) is 17.4 Å². The average Bonchev–Trinajstić information content (AvgIpc) is 2.95. The standard InChI is InChI=1S/C15H26N2O2S2/c1-16-11-10-14-8-9-15(20-14)21(18,19)17(2)12-13-6-4-3-5-7-13/h8-9,13,16H,3-7,10-12H2,1-2H3. The van der Waals surface area contributed by atoms with Crippen molar-refractivity contribution in [3.8, 4) is 0 Å². The lowest BCUT2D eigenvalue weighted by molar-refractivity contribution is 0.300.